The second-order valence-electron chi connectivity index (χ2n) is 9.76. The Balaban J connectivity index is 1.50. The maximum absolute atomic E-state index is 5.35. The molecule has 0 radical (unpaired) electrons. The Morgan fingerprint density at radius 1 is 0.500 bits per heavy atom. The number of nitrogens with zero attached hydrogens (tertiary/aromatic N) is 5. The van der Waals surface area contributed by atoms with Gasteiger partial charge in [-0.25, -0.2) is 4.98 Å². The molecule has 0 amide bonds. The van der Waals surface area contributed by atoms with E-state index in [-0.39, 0.29) is 0 Å². The number of benzene rings is 4. The highest BCUT2D eigenvalue weighted by Crippen LogP contribution is 2.40. The molecule has 0 unspecified atom stereocenters. The molecule has 4 aromatic carbocycles. The second-order valence-corrected chi connectivity index (χ2v) is 9.76. The van der Waals surface area contributed by atoms with Gasteiger partial charge in [0.05, 0.1) is 33.4 Å². The van der Waals surface area contributed by atoms with Crippen LogP contribution in [-0.4, -0.2) is 24.1 Å². The largest absolute Gasteiger partial charge is 0.307 e. The van der Waals surface area contributed by atoms with Crippen LogP contribution in [0.25, 0.3) is 66.9 Å². The van der Waals surface area contributed by atoms with E-state index >= 15 is 0 Å². The summed E-state index contributed by atoms with van der Waals surface area (Å²) in [5.41, 5.74) is 9.37. The molecular weight excluding hydrogens is 490 g/mol. The summed E-state index contributed by atoms with van der Waals surface area (Å²) in [6.45, 7) is 0. The summed E-state index contributed by atoms with van der Waals surface area (Å²) in [4.78, 5) is 14.4. The summed E-state index contributed by atoms with van der Waals surface area (Å²) in [6.07, 6.45) is 5.47. The van der Waals surface area contributed by atoms with Crippen molar-refractivity contribution in [1.29, 1.82) is 0 Å². The van der Waals surface area contributed by atoms with Crippen LogP contribution in [0.2, 0.25) is 0 Å². The molecule has 0 spiro atoms. The first-order valence-corrected chi connectivity index (χ1v) is 13.3. The third-order valence-electron chi connectivity index (χ3n) is 7.49. The zero-order valence-electron chi connectivity index (χ0n) is 21.5. The Morgan fingerprint density at radius 3 is 2.05 bits per heavy atom. The highest BCUT2D eigenvalue weighted by atomic mass is 15.1. The van der Waals surface area contributed by atoms with Crippen molar-refractivity contribution in [2.45, 2.75) is 0 Å². The van der Waals surface area contributed by atoms with Gasteiger partial charge in [0.1, 0.15) is 5.82 Å². The quantitative estimate of drug-likeness (QED) is 0.238. The van der Waals surface area contributed by atoms with E-state index in [9.17, 15) is 0 Å². The molecule has 0 saturated carbocycles. The molecule has 0 N–H and O–H groups in total. The summed E-state index contributed by atoms with van der Waals surface area (Å²) >= 11 is 0. The molecular formula is C35H23N5. The number of rotatable bonds is 4. The number of fused-ring (bicyclic) bond motifs is 5. The zero-order chi connectivity index (χ0) is 26.5. The van der Waals surface area contributed by atoms with Crippen LogP contribution in [0, 0.1) is 0 Å². The average molecular weight is 514 g/mol. The van der Waals surface area contributed by atoms with Gasteiger partial charge in [-0.15, -0.1) is 0 Å². The van der Waals surface area contributed by atoms with Crippen LogP contribution in [0.5, 0.6) is 0 Å². The van der Waals surface area contributed by atoms with Gasteiger partial charge in [0.2, 0.25) is 0 Å². The van der Waals surface area contributed by atoms with E-state index in [1.807, 2.05) is 48.9 Å². The molecule has 40 heavy (non-hydrogen) atoms. The predicted molar refractivity (Wildman–Crippen MR) is 162 cm³/mol. The molecule has 0 fully saturated rings. The van der Waals surface area contributed by atoms with E-state index in [4.69, 9.17) is 9.97 Å². The van der Waals surface area contributed by atoms with Gasteiger partial charge < -0.3 is 4.57 Å². The van der Waals surface area contributed by atoms with Crippen molar-refractivity contribution in [1.82, 2.24) is 24.1 Å². The first kappa shape index (κ1) is 22.4. The van der Waals surface area contributed by atoms with Crippen LogP contribution >= 0.6 is 0 Å². The fraction of sp³-hybridized carbons (Fsp3) is 0. The number of hydrogen-bond donors (Lipinski definition) is 0. The van der Waals surface area contributed by atoms with E-state index in [0.29, 0.717) is 0 Å². The number of aromatic nitrogens is 5. The first-order chi connectivity index (χ1) is 19.9. The molecule has 5 nitrogen and oxygen atoms in total. The van der Waals surface area contributed by atoms with Crippen LogP contribution in [0.3, 0.4) is 0 Å². The third kappa shape index (κ3) is 3.38. The predicted octanol–water partition coefficient (Wildman–Crippen LogP) is 8.25. The van der Waals surface area contributed by atoms with Crippen molar-refractivity contribution in [2.75, 3.05) is 0 Å². The van der Waals surface area contributed by atoms with Crippen molar-refractivity contribution in [3.8, 4) is 34.0 Å². The van der Waals surface area contributed by atoms with Crippen LogP contribution in [0.1, 0.15) is 0 Å². The molecule has 0 aliphatic heterocycles. The molecule has 0 bridgehead atoms. The zero-order valence-corrected chi connectivity index (χ0v) is 21.5. The Kier molecular flexibility index (Phi) is 5.07. The molecule has 0 aliphatic carbocycles. The van der Waals surface area contributed by atoms with Gasteiger partial charge in [-0.05, 0) is 54.6 Å². The molecule has 0 atom stereocenters. The highest BCUT2D eigenvalue weighted by molar-refractivity contribution is 6.20. The molecule has 188 valence electrons. The maximum Gasteiger partial charge on any atom is 0.145 e. The normalized spacial score (nSPS) is 11.5. The van der Waals surface area contributed by atoms with Gasteiger partial charge in [0.15, 0.2) is 0 Å². The Bertz CT molecular complexity index is 2140. The van der Waals surface area contributed by atoms with E-state index < -0.39 is 0 Å². The van der Waals surface area contributed by atoms with Crippen molar-refractivity contribution in [3.05, 3.63) is 140 Å². The summed E-state index contributed by atoms with van der Waals surface area (Å²) in [6, 6.07) is 42.0. The van der Waals surface area contributed by atoms with E-state index in [1.54, 1.807) is 0 Å². The van der Waals surface area contributed by atoms with Crippen molar-refractivity contribution < 1.29 is 0 Å². The van der Waals surface area contributed by atoms with Crippen LogP contribution in [0.4, 0.5) is 0 Å². The topological polar surface area (TPSA) is 48.5 Å². The lowest BCUT2D eigenvalue weighted by molar-refractivity contribution is 1.10. The van der Waals surface area contributed by atoms with Gasteiger partial charge >= 0.3 is 0 Å². The van der Waals surface area contributed by atoms with Gasteiger partial charge in [0.25, 0.3) is 0 Å². The lowest BCUT2D eigenvalue weighted by atomic mass is 10.1. The van der Waals surface area contributed by atoms with Crippen LogP contribution < -0.4 is 0 Å². The minimum absolute atomic E-state index is 0.910. The van der Waals surface area contributed by atoms with Crippen LogP contribution in [-0.2, 0) is 0 Å². The van der Waals surface area contributed by atoms with Gasteiger partial charge in [-0.1, -0.05) is 66.7 Å². The molecule has 8 rings (SSSR count). The summed E-state index contributed by atoms with van der Waals surface area (Å²) in [5.74, 6) is 0.921. The Labute approximate surface area is 230 Å². The number of para-hydroxylation sites is 2. The number of imidazole rings is 1. The maximum atomic E-state index is 5.35. The molecule has 0 aliphatic rings. The second kappa shape index (κ2) is 9.03. The fourth-order valence-electron chi connectivity index (χ4n) is 5.78. The summed E-state index contributed by atoms with van der Waals surface area (Å²) < 4.78 is 4.58. The Morgan fingerprint density at radius 2 is 1.23 bits per heavy atom. The molecule has 8 aromatic rings. The van der Waals surface area contributed by atoms with Crippen LogP contribution in [0.15, 0.2) is 140 Å². The van der Waals surface area contributed by atoms with E-state index in [1.165, 1.54) is 0 Å². The molecule has 0 saturated heterocycles. The van der Waals surface area contributed by atoms with Crippen molar-refractivity contribution in [3.63, 3.8) is 0 Å². The minimum atomic E-state index is 0.910. The Hall–Kier alpha value is -5.55. The molecule has 4 heterocycles. The van der Waals surface area contributed by atoms with E-state index in [0.717, 1.165) is 66.9 Å². The number of hydrogen-bond acceptors (Lipinski definition) is 3. The average Bonchev–Trinajstić information content (AvgIpc) is 3.58. The SMILES string of the molecule is c1ccc(-c2nc3c4c5ccccc5n(-c5cccnc5-c5ccncc5)c4ccc3n2-c2ccccc2)cc1. The minimum Gasteiger partial charge on any atom is -0.307 e. The third-order valence-corrected chi connectivity index (χ3v) is 7.49. The molecule has 4 aromatic heterocycles. The van der Waals surface area contributed by atoms with Gasteiger partial charge in [-0.3, -0.25) is 14.5 Å². The highest BCUT2D eigenvalue weighted by Gasteiger charge is 2.22. The smallest absolute Gasteiger partial charge is 0.145 e. The van der Waals surface area contributed by atoms with Crippen molar-refractivity contribution in [2.24, 2.45) is 0 Å². The summed E-state index contributed by atoms with van der Waals surface area (Å²) in [7, 11) is 0. The van der Waals surface area contributed by atoms with Gasteiger partial charge in [0, 0.05) is 46.2 Å². The lowest BCUT2D eigenvalue weighted by Gasteiger charge is -2.13. The standard InChI is InChI=1S/C35H23N5/c1-3-10-25(11-4-1)35-38-34-31(39(35)26-12-5-2-6-13-26)18-17-29-32(34)27-14-7-8-15-28(27)40(29)30-16-9-21-37-33(30)24-19-22-36-23-20-24/h1-23H. The van der Waals surface area contributed by atoms with E-state index in [2.05, 4.69) is 105 Å². The summed E-state index contributed by atoms with van der Waals surface area (Å²) in [5, 5.41) is 2.29. The lowest BCUT2D eigenvalue weighted by Crippen LogP contribution is -1.99. The van der Waals surface area contributed by atoms with Crippen molar-refractivity contribution >= 4 is 32.8 Å². The van der Waals surface area contributed by atoms with Gasteiger partial charge in [-0.2, -0.15) is 0 Å². The fourth-order valence-corrected chi connectivity index (χ4v) is 5.78. The molecule has 5 heteroatoms. The number of pyridine rings is 2. The monoisotopic (exact) mass is 513 g/mol. The first-order valence-electron chi connectivity index (χ1n) is 13.3.